The molecule has 0 spiro atoms. The molecule has 1 heterocycles. The molecule has 25 heavy (non-hydrogen) atoms. The van der Waals surface area contributed by atoms with Gasteiger partial charge >= 0.3 is 5.97 Å². The number of rotatable bonds is 4. The normalized spacial score (nSPS) is 17.3. The van der Waals surface area contributed by atoms with E-state index in [2.05, 4.69) is 0 Å². The summed E-state index contributed by atoms with van der Waals surface area (Å²) >= 11 is 0. The van der Waals surface area contributed by atoms with E-state index in [-0.39, 0.29) is 0 Å². The van der Waals surface area contributed by atoms with E-state index in [1.54, 1.807) is 12.1 Å². The van der Waals surface area contributed by atoms with Gasteiger partial charge in [0.1, 0.15) is 6.04 Å². The summed E-state index contributed by atoms with van der Waals surface area (Å²) in [6.07, 6.45) is 2.22. The minimum atomic E-state index is -0.613. The quantitative estimate of drug-likeness (QED) is 0.860. The summed E-state index contributed by atoms with van der Waals surface area (Å²) in [5, 5.41) is 1.70. The highest BCUT2D eigenvalue weighted by atomic mass is 16.5. The number of amides is 2. The molecular weight excluding hydrogens is 320 g/mol. The lowest BCUT2D eigenvalue weighted by molar-refractivity contribution is -0.143. The number of hydrogen-bond acceptors (Lipinski definition) is 4. The smallest absolute Gasteiger partial charge is 0.339 e. The molecule has 2 amide bonds. The first-order valence-corrected chi connectivity index (χ1v) is 8.31. The van der Waals surface area contributed by atoms with Crippen LogP contribution >= 0.6 is 0 Å². The van der Waals surface area contributed by atoms with Crippen LogP contribution in [0.1, 0.15) is 29.6 Å². The highest BCUT2D eigenvalue weighted by Crippen LogP contribution is 2.20. The summed E-state index contributed by atoms with van der Waals surface area (Å²) in [5.41, 5.74) is 5.78. The third-order valence-corrected chi connectivity index (χ3v) is 4.49. The van der Waals surface area contributed by atoms with Gasteiger partial charge in [-0.05, 0) is 36.1 Å². The van der Waals surface area contributed by atoms with Gasteiger partial charge in [-0.1, -0.05) is 36.4 Å². The monoisotopic (exact) mass is 340 g/mol. The van der Waals surface area contributed by atoms with Crippen molar-refractivity contribution in [3.63, 3.8) is 0 Å². The zero-order chi connectivity index (χ0) is 17.8. The zero-order valence-corrected chi connectivity index (χ0v) is 13.8. The Morgan fingerprint density at radius 2 is 1.84 bits per heavy atom. The standard InChI is InChI=1S/C19H20N2O4/c20-18(23)16-10-3-4-11-21(16)17(22)12-25-19(24)15-9-5-7-13-6-1-2-8-14(13)15/h1-2,5-9,16H,3-4,10-12H2,(H2,20,23)/t16-/m0/s1. The number of likely N-dealkylation sites (tertiary alicyclic amines) is 1. The van der Waals surface area contributed by atoms with E-state index in [9.17, 15) is 14.4 Å². The molecule has 130 valence electrons. The molecule has 6 nitrogen and oxygen atoms in total. The lowest BCUT2D eigenvalue weighted by Crippen LogP contribution is -2.51. The number of piperidine rings is 1. The minimum Gasteiger partial charge on any atom is -0.452 e. The number of nitrogens with two attached hydrogens (primary N) is 1. The molecule has 0 radical (unpaired) electrons. The van der Waals surface area contributed by atoms with Gasteiger partial charge in [-0.25, -0.2) is 4.79 Å². The number of benzene rings is 2. The first kappa shape index (κ1) is 17.0. The molecule has 1 fully saturated rings. The number of carbonyl (C=O) groups is 3. The molecule has 1 aliphatic heterocycles. The lowest BCUT2D eigenvalue weighted by atomic mass is 10.0. The summed E-state index contributed by atoms with van der Waals surface area (Å²) in [4.78, 5) is 37.6. The third kappa shape index (κ3) is 3.63. The summed E-state index contributed by atoms with van der Waals surface area (Å²) in [6.45, 7) is 0.0596. The number of esters is 1. The van der Waals surface area contributed by atoms with Crippen LogP contribution < -0.4 is 5.73 Å². The summed E-state index contributed by atoms with van der Waals surface area (Å²) in [5.74, 6) is -1.47. The lowest BCUT2D eigenvalue weighted by Gasteiger charge is -2.33. The predicted octanol–water partition coefficient (Wildman–Crippen LogP) is 1.86. The van der Waals surface area contributed by atoms with Crippen molar-refractivity contribution in [2.24, 2.45) is 5.73 Å². The Balaban J connectivity index is 1.69. The van der Waals surface area contributed by atoms with E-state index in [1.807, 2.05) is 30.3 Å². The van der Waals surface area contributed by atoms with Crippen LogP contribution in [0, 0.1) is 0 Å². The van der Waals surface area contributed by atoms with Crippen LogP contribution in [0.15, 0.2) is 42.5 Å². The van der Waals surface area contributed by atoms with E-state index < -0.39 is 30.4 Å². The molecule has 0 aromatic heterocycles. The molecule has 0 aliphatic carbocycles. The van der Waals surface area contributed by atoms with Gasteiger partial charge in [-0.15, -0.1) is 0 Å². The molecule has 1 aliphatic rings. The van der Waals surface area contributed by atoms with Crippen molar-refractivity contribution >= 4 is 28.6 Å². The molecular formula is C19H20N2O4. The number of carbonyl (C=O) groups excluding carboxylic acids is 3. The van der Waals surface area contributed by atoms with Gasteiger partial charge < -0.3 is 15.4 Å². The Labute approximate surface area is 145 Å². The number of nitrogens with zero attached hydrogens (tertiary/aromatic N) is 1. The molecule has 6 heteroatoms. The van der Waals surface area contributed by atoms with E-state index >= 15 is 0 Å². The van der Waals surface area contributed by atoms with Crippen molar-refractivity contribution in [3.8, 4) is 0 Å². The zero-order valence-electron chi connectivity index (χ0n) is 13.8. The van der Waals surface area contributed by atoms with Crippen molar-refractivity contribution in [3.05, 3.63) is 48.0 Å². The van der Waals surface area contributed by atoms with E-state index in [0.717, 1.165) is 23.6 Å². The molecule has 1 saturated heterocycles. The van der Waals surface area contributed by atoms with Crippen LogP contribution in [0.3, 0.4) is 0 Å². The van der Waals surface area contributed by atoms with Gasteiger partial charge in [0.05, 0.1) is 5.56 Å². The van der Waals surface area contributed by atoms with Crippen LogP contribution in [0.2, 0.25) is 0 Å². The summed E-state index contributed by atoms with van der Waals surface area (Å²) < 4.78 is 5.20. The SMILES string of the molecule is NC(=O)[C@@H]1CCCCN1C(=O)COC(=O)c1cccc2ccccc12. The number of ether oxygens (including phenoxy) is 1. The molecule has 2 aromatic carbocycles. The van der Waals surface area contributed by atoms with Gasteiger partial charge in [0, 0.05) is 6.54 Å². The second-order valence-corrected chi connectivity index (χ2v) is 6.10. The number of hydrogen-bond donors (Lipinski definition) is 1. The van der Waals surface area contributed by atoms with Gasteiger partial charge in [-0.3, -0.25) is 9.59 Å². The predicted molar refractivity (Wildman–Crippen MR) is 92.8 cm³/mol. The highest BCUT2D eigenvalue weighted by molar-refractivity contribution is 6.05. The number of primary amides is 1. The van der Waals surface area contributed by atoms with Gasteiger partial charge in [0.25, 0.3) is 5.91 Å². The average molecular weight is 340 g/mol. The van der Waals surface area contributed by atoms with Crippen molar-refractivity contribution in [1.82, 2.24) is 4.90 Å². The Hall–Kier alpha value is -2.89. The second-order valence-electron chi connectivity index (χ2n) is 6.10. The van der Waals surface area contributed by atoms with Crippen LogP contribution in [0.25, 0.3) is 10.8 Å². The van der Waals surface area contributed by atoms with E-state index in [4.69, 9.17) is 10.5 Å². The highest BCUT2D eigenvalue weighted by Gasteiger charge is 2.31. The molecule has 1 atom stereocenters. The maximum absolute atomic E-state index is 12.4. The van der Waals surface area contributed by atoms with Gasteiger partial charge in [0.2, 0.25) is 5.91 Å². The van der Waals surface area contributed by atoms with Gasteiger partial charge in [-0.2, -0.15) is 0 Å². The van der Waals surface area contributed by atoms with Crippen LogP contribution in [0.4, 0.5) is 0 Å². The first-order valence-electron chi connectivity index (χ1n) is 8.31. The second kappa shape index (κ2) is 7.34. The summed E-state index contributed by atoms with van der Waals surface area (Å²) in [6, 6.07) is 12.2. The first-order chi connectivity index (χ1) is 12.1. The molecule has 3 rings (SSSR count). The van der Waals surface area contributed by atoms with Crippen molar-refractivity contribution in [2.75, 3.05) is 13.2 Å². The van der Waals surface area contributed by atoms with Crippen molar-refractivity contribution in [1.29, 1.82) is 0 Å². The molecule has 2 N–H and O–H groups in total. The Morgan fingerprint density at radius 3 is 2.64 bits per heavy atom. The fraction of sp³-hybridized carbons (Fsp3) is 0.316. The molecule has 0 unspecified atom stereocenters. The van der Waals surface area contributed by atoms with Crippen molar-refractivity contribution in [2.45, 2.75) is 25.3 Å². The Morgan fingerprint density at radius 1 is 1.08 bits per heavy atom. The van der Waals surface area contributed by atoms with Crippen LogP contribution in [-0.2, 0) is 14.3 Å². The van der Waals surface area contributed by atoms with Crippen molar-refractivity contribution < 1.29 is 19.1 Å². The topological polar surface area (TPSA) is 89.7 Å². The maximum Gasteiger partial charge on any atom is 0.339 e. The number of fused-ring (bicyclic) bond motifs is 1. The third-order valence-electron chi connectivity index (χ3n) is 4.49. The molecule has 2 aromatic rings. The maximum atomic E-state index is 12.4. The van der Waals surface area contributed by atoms with E-state index in [0.29, 0.717) is 18.5 Å². The minimum absolute atomic E-state index is 0.392. The van der Waals surface area contributed by atoms with Crippen LogP contribution in [0.5, 0.6) is 0 Å². The molecule has 0 bridgehead atoms. The van der Waals surface area contributed by atoms with E-state index in [1.165, 1.54) is 4.90 Å². The van der Waals surface area contributed by atoms with Crippen LogP contribution in [-0.4, -0.2) is 41.9 Å². The Bertz CT molecular complexity index is 813. The summed E-state index contributed by atoms with van der Waals surface area (Å²) in [7, 11) is 0. The fourth-order valence-electron chi connectivity index (χ4n) is 3.22. The van der Waals surface area contributed by atoms with Gasteiger partial charge in [0.15, 0.2) is 6.61 Å². The Kier molecular flexibility index (Phi) is 4.97. The molecule has 0 saturated carbocycles. The largest absolute Gasteiger partial charge is 0.452 e. The fourth-order valence-corrected chi connectivity index (χ4v) is 3.22. The average Bonchev–Trinajstić information content (AvgIpc) is 2.65.